The van der Waals surface area contributed by atoms with E-state index in [-0.39, 0.29) is 17.1 Å². The van der Waals surface area contributed by atoms with Crippen LogP contribution < -0.4 is 0 Å². The average Bonchev–Trinajstić information content (AvgIpc) is 2.55. The minimum Gasteiger partial charge on any atom is -0.507 e. The Bertz CT molecular complexity index is 854. The molecule has 0 spiro atoms. The lowest BCUT2D eigenvalue weighted by atomic mass is 9.78. The van der Waals surface area contributed by atoms with Crippen LogP contribution in [0.3, 0.4) is 0 Å². The SMILES string of the molecule is C=C(C)c1cc(C)cc(C(CCC)c2cc(C)cc(C(C)(C)C)c2O)c1O. The van der Waals surface area contributed by atoms with Crippen molar-refractivity contribution >= 4 is 5.57 Å². The first kappa shape index (κ1) is 21.1. The van der Waals surface area contributed by atoms with E-state index in [1.807, 2.05) is 26.0 Å². The number of aromatic hydroxyl groups is 2. The van der Waals surface area contributed by atoms with Crippen LogP contribution in [0.25, 0.3) is 5.57 Å². The number of rotatable bonds is 5. The minimum absolute atomic E-state index is 0.0611. The largest absolute Gasteiger partial charge is 0.507 e. The first-order valence-corrected chi connectivity index (χ1v) is 9.80. The smallest absolute Gasteiger partial charge is 0.126 e. The lowest BCUT2D eigenvalue weighted by Gasteiger charge is -2.27. The fourth-order valence-electron chi connectivity index (χ4n) is 3.81. The van der Waals surface area contributed by atoms with E-state index < -0.39 is 0 Å². The molecule has 0 radical (unpaired) electrons. The van der Waals surface area contributed by atoms with Crippen LogP contribution in [0.15, 0.2) is 30.8 Å². The van der Waals surface area contributed by atoms with Crippen molar-refractivity contribution in [3.05, 3.63) is 64.2 Å². The van der Waals surface area contributed by atoms with Crippen LogP contribution in [0.2, 0.25) is 0 Å². The van der Waals surface area contributed by atoms with E-state index in [0.29, 0.717) is 5.75 Å². The zero-order valence-corrected chi connectivity index (χ0v) is 17.9. The molecule has 1 atom stereocenters. The molecule has 2 heteroatoms. The van der Waals surface area contributed by atoms with Gasteiger partial charge in [0.25, 0.3) is 0 Å². The van der Waals surface area contributed by atoms with Gasteiger partial charge in [-0.2, -0.15) is 0 Å². The molecule has 0 saturated heterocycles. The number of allylic oxidation sites excluding steroid dienone is 1. The Hall–Kier alpha value is -2.22. The van der Waals surface area contributed by atoms with Gasteiger partial charge in [-0.15, -0.1) is 0 Å². The van der Waals surface area contributed by atoms with Gasteiger partial charge in [0.2, 0.25) is 0 Å². The highest BCUT2D eigenvalue weighted by Crippen LogP contribution is 2.45. The summed E-state index contributed by atoms with van der Waals surface area (Å²) in [5.41, 5.74) is 6.41. The lowest BCUT2D eigenvalue weighted by molar-refractivity contribution is 0.431. The van der Waals surface area contributed by atoms with E-state index in [9.17, 15) is 10.2 Å². The molecule has 0 saturated carbocycles. The molecule has 0 heterocycles. The highest BCUT2D eigenvalue weighted by atomic mass is 16.3. The summed E-state index contributed by atoms with van der Waals surface area (Å²) in [4.78, 5) is 0. The van der Waals surface area contributed by atoms with E-state index >= 15 is 0 Å². The van der Waals surface area contributed by atoms with E-state index in [1.165, 1.54) is 0 Å². The van der Waals surface area contributed by atoms with Gasteiger partial charge in [-0.1, -0.05) is 64.5 Å². The topological polar surface area (TPSA) is 40.5 Å². The van der Waals surface area contributed by atoms with Crippen molar-refractivity contribution in [2.45, 2.75) is 72.6 Å². The van der Waals surface area contributed by atoms with Crippen molar-refractivity contribution in [1.29, 1.82) is 0 Å². The third-order valence-electron chi connectivity index (χ3n) is 5.16. The minimum atomic E-state index is -0.154. The highest BCUT2D eigenvalue weighted by molar-refractivity contribution is 5.70. The van der Waals surface area contributed by atoms with Crippen molar-refractivity contribution in [1.82, 2.24) is 0 Å². The summed E-state index contributed by atoms with van der Waals surface area (Å²) < 4.78 is 0. The summed E-state index contributed by atoms with van der Waals surface area (Å²) >= 11 is 0. The number of hydrogen-bond donors (Lipinski definition) is 2. The molecule has 2 rings (SSSR count). The molecule has 0 fully saturated rings. The van der Waals surface area contributed by atoms with Crippen molar-refractivity contribution in [3.63, 3.8) is 0 Å². The third kappa shape index (κ3) is 4.37. The van der Waals surface area contributed by atoms with Crippen LogP contribution in [-0.4, -0.2) is 10.2 Å². The Balaban J connectivity index is 2.78. The maximum absolute atomic E-state index is 11.1. The molecule has 2 aromatic carbocycles. The maximum atomic E-state index is 11.1. The molecule has 1 unspecified atom stereocenters. The molecule has 2 nitrogen and oxygen atoms in total. The van der Waals surface area contributed by atoms with E-state index in [0.717, 1.165) is 51.8 Å². The average molecular weight is 367 g/mol. The molecular weight excluding hydrogens is 332 g/mol. The Morgan fingerprint density at radius 1 is 0.963 bits per heavy atom. The van der Waals surface area contributed by atoms with Crippen LogP contribution in [-0.2, 0) is 5.41 Å². The molecule has 146 valence electrons. The Morgan fingerprint density at radius 2 is 1.48 bits per heavy atom. The molecule has 2 aromatic rings. The Labute approximate surface area is 164 Å². The summed E-state index contributed by atoms with van der Waals surface area (Å²) in [7, 11) is 0. The number of hydrogen-bond acceptors (Lipinski definition) is 2. The van der Waals surface area contributed by atoms with Crippen LogP contribution in [0.4, 0.5) is 0 Å². The number of aryl methyl sites for hydroxylation is 2. The Kier molecular flexibility index (Phi) is 6.09. The van der Waals surface area contributed by atoms with Gasteiger partial charge in [-0.25, -0.2) is 0 Å². The predicted molar refractivity (Wildman–Crippen MR) is 116 cm³/mol. The van der Waals surface area contributed by atoms with Crippen molar-refractivity contribution in [2.24, 2.45) is 0 Å². The van der Waals surface area contributed by atoms with Crippen LogP contribution in [0.1, 0.15) is 86.8 Å². The zero-order valence-electron chi connectivity index (χ0n) is 17.9. The molecule has 2 N–H and O–H groups in total. The summed E-state index contributed by atoms with van der Waals surface area (Å²) in [6.45, 7) is 18.5. The fourth-order valence-corrected chi connectivity index (χ4v) is 3.81. The molecule has 0 aliphatic rings. The van der Waals surface area contributed by atoms with Gasteiger partial charge in [-0.05, 0) is 55.4 Å². The standard InChI is InChI=1S/C25H34O2/c1-9-10-18(20-12-16(4)11-19(15(2)3)23(20)26)21-13-17(5)14-22(24(21)27)25(6,7)8/h11-14,18,26-27H,2,9-10H2,1,3-8H3. The molecular formula is C25H34O2. The third-order valence-corrected chi connectivity index (χ3v) is 5.16. The first-order chi connectivity index (χ1) is 12.5. The monoisotopic (exact) mass is 366 g/mol. The zero-order chi connectivity index (χ0) is 20.5. The van der Waals surface area contributed by atoms with Gasteiger partial charge in [0.1, 0.15) is 11.5 Å². The van der Waals surface area contributed by atoms with Crippen LogP contribution >= 0.6 is 0 Å². The summed E-state index contributed by atoms with van der Waals surface area (Å²) in [6.07, 6.45) is 1.81. The second-order valence-electron chi connectivity index (χ2n) is 8.87. The Morgan fingerprint density at radius 3 is 1.96 bits per heavy atom. The first-order valence-electron chi connectivity index (χ1n) is 9.80. The second kappa shape index (κ2) is 7.80. The van der Waals surface area contributed by atoms with Crippen LogP contribution in [0, 0.1) is 13.8 Å². The van der Waals surface area contributed by atoms with Gasteiger partial charge in [0.15, 0.2) is 0 Å². The molecule has 0 aliphatic heterocycles. The van der Waals surface area contributed by atoms with E-state index in [1.54, 1.807) is 0 Å². The number of phenols is 2. The highest BCUT2D eigenvalue weighted by Gasteiger charge is 2.27. The van der Waals surface area contributed by atoms with Crippen LogP contribution in [0.5, 0.6) is 11.5 Å². The van der Waals surface area contributed by atoms with E-state index in [4.69, 9.17) is 0 Å². The van der Waals surface area contributed by atoms with Crippen molar-refractivity contribution < 1.29 is 10.2 Å². The maximum Gasteiger partial charge on any atom is 0.126 e. The summed E-state index contributed by atoms with van der Waals surface area (Å²) in [5, 5.41) is 22.1. The molecule has 0 amide bonds. The molecule has 0 bridgehead atoms. The van der Waals surface area contributed by atoms with Crippen molar-refractivity contribution in [3.8, 4) is 11.5 Å². The quantitative estimate of drug-likeness (QED) is 0.599. The van der Waals surface area contributed by atoms with Gasteiger partial charge in [0.05, 0.1) is 0 Å². The fraction of sp³-hybridized carbons (Fsp3) is 0.440. The molecule has 0 aliphatic carbocycles. The van der Waals surface area contributed by atoms with Gasteiger partial charge in [-0.3, -0.25) is 0 Å². The molecule has 27 heavy (non-hydrogen) atoms. The number of benzene rings is 2. The van der Waals surface area contributed by atoms with Gasteiger partial charge >= 0.3 is 0 Å². The molecule has 0 aromatic heterocycles. The predicted octanol–water partition coefficient (Wildman–Crippen LogP) is 6.98. The summed E-state index contributed by atoms with van der Waals surface area (Å²) in [5.74, 6) is 0.572. The van der Waals surface area contributed by atoms with Gasteiger partial charge in [0, 0.05) is 22.6 Å². The van der Waals surface area contributed by atoms with Crippen molar-refractivity contribution in [2.75, 3.05) is 0 Å². The normalized spacial score (nSPS) is 12.9. The summed E-state index contributed by atoms with van der Waals surface area (Å²) in [6, 6.07) is 8.14. The van der Waals surface area contributed by atoms with E-state index in [2.05, 4.69) is 53.3 Å². The second-order valence-corrected chi connectivity index (χ2v) is 8.87. The van der Waals surface area contributed by atoms with Gasteiger partial charge < -0.3 is 10.2 Å². The lowest BCUT2D eigenvalue weighted by Crippen LogP contribution is -2.14. The number of phenolic OH excluding ortho intramolecular Hbond substituents is 2.